The average molecular weight is 297 g/mol. The maximum Gasteiger partial charge on any atom is 0.263 e. The van der Waals surface area contributed by atoms with E-state index in [9.17, 15) is 14.4 Å². The minimum absolute atomic E-state index is 0.0622. The van der Waals surface area contributed by atoms with Gasteiger partial charge in [0.15, 0.2) is 0 Å². The molecule has 1 aromatic carbocycles. The first-order chi connectivity index (χ1) is 10.6. The minimum atomic E-state index is -0.489. The minimum Gasteiger partial charge on any atom is -0.352 e. The lowest BCUT2D eigenvalue weighted by molar-refractivity contribution is 0.0944. The molecule has 6 heteroatoms. The van der Waals surface area contributed by atoms with E-state index in [1.165, 1.54) is 10.6 Å². The van der Waals surface area contributed by atoms with Gasteiger partial charge < -0.3 is 15.2 Å². The highest BCUT2D eigenvalue weighted by Gasteiger charge is 2.18. The number of carbonyl (C=O) groups excluding carboxylic acids is 2. The summed E-state index contributed by atoms with van der Waals surface area (Å²) in [5, 5.41) is 5.43. The van der Waals surface area contributed by atoms with Crippen LogP contribution in [0.2, 0.25) is 0 Å². The highest BCUT2D eigenvalue weighted by atomic mass is 16.2. The summed E-state index contributed by atoms with van der Waals surface area (Å²) in [5.74, 6) is -0.634. The van der Waals surface area contributed by atoms with Gasteiger partial charge in [0, 0.05) is 31.0 Å². The molecule has 2 N–H and O–H groups in total. The molecular formula is C16H15N3O3. The summed E-state index contributed by atoms with van der Waals surface area (Å²) in [6.45, 7) is 0.623. The Balaban J connectivity index is 1.89. The van der Waals surface area contributed by atoms with E-state index >= 15 is 0 Å². The van der Waals surface area contributed by atoms with Crippen molar-refractivity contribution < 1.29 is 9.59 Å². The molecule has 0 atom stereocenters. The van der Waals surface area contributed by atoms with Crippen LogP contribution in [-0.4, -0.2) is 22.9 Å². The van der Waals surface area contributed by atoms with E-state index in [2.05, 4.69) is 10.6 Å². The number of nitrogens with one attached hydrogen (secondary N) is 2. The number of hydrogen-bond donors (Lipinski definition) is 2. The molecule has 3 rings (SSSR count). The van der Waals surface area contributed by atoms with E-state index in [-0.39, 0.29) is 17.0 Å². The fourth-order valence-electron chi connectivity index (χ4n) is 2.46. The van der Waals surface area contributed by atoms with Crippen LogP contribution in [0.4, 0.5) is 5.69 Å². The van der Waals surface area contributed by atoms with Crippen LogP contribution in [0.3, 0.4) is 0 Å². The molecule has 1 aromatic heterocycles. The smallest absolute Gasteiger partial charge is 0.263 e. The van der Waals surface area contributed by atoms with Gasteiger partial charge in [-0.1, -0.05) is 6.07 Å². The van der Waals surface area contributed by atoms with Crippen molar-refractivity contribution in [2.45, 2.75) is 6.42 Å². The second-order valence-electron chi connectivity index (χ2n) is 5.17. The van der Waals surface area contributed by atoms with Crippen LogP contribution in [0.25, 0.3) is 0 Å². The molecule has 0 bridgehead atoms. The van der Waals surface area contributed by atoms with Crippen LogP contribution in [-0.2, 0) is 13.5 Å². The SMILES string of the molecule is Cn1cccc(C(=O)Nc2ccc3c(c2)C(=O)NCC3)c1=O. The number of rotatable bonds is 2. The third-order valence-electron chi connectivity index (χ3n) is 3.66. The summed E-state index contributed by atoms with van der Waals surface area (Å²) in [5.41, 5.74) is 1.71. The van der Waals surface area contributed by atoms with Gasteiger partial charge in [0.05, 0.1) is 0 Å². The number of hydrogen-bond acceptors (Lipinski definition) is 3. The fraction of sp³-hybridized carbons (Fsp3) is 0.188. The van der Waals surface area contributed by atoms with Gasteiger partial charge in [-0.05, 0) is 36.2 Å². The van der Waals surface area contributed by atoms with Crippen LogP contribution >= 0.6 is 0 Å². The summed E-state index contributed by atoms with van der Waals surface area (Å²) >= 11 is 0. The molecule has 112 valence electrons. The number of pyridine rings is 1. The summed E-state index contributed by atoms with van der Waals surface area (Å²) in [6.07, 6.45) is 2.36. The van der Waals surface area contributed by atoms with Gasteiger partial charge in [-0.15, -0.1) is 0 Å². The highest BCUT2D eigenvalue weighted by Crippen LogP contribution is 2.19. The molecule has 0 radical (unpaired) electrons. The fourth-order valence-corrected chi connectivity index (χ4v) is 2.46. The molecule has 2 aromatic rings. The number of benzene rings is 1. The van der Waals surface area contributed by atoms with E-state index in [1.807, 2.05) is 6.07 Å². The van der Waals surface area contributed by atoms with E-state index in [0.717, 1.165) is 12.0 Å². The third-order valence-corrected chi connectivity index (χ3v) is 3.66. The van der Waals surface area contributed by atoms with Gasteiger partial charge >= 0.3 is 0 Å². The van der Waals surface area contributed by atoms with Gasteiger partial charge in [-0.25, -0.2) is 0 Å². The number of amides is 2. The van der Waals surface area contributed by atoms with Gasteiger partial charge in [0.2, 0.25) is 0 Å². The number of aryl methyl sites for hydroxylation is 1. The van der Waals surface area contributed by atoms with Gasteiger partial charge in [0.1, 0.15) is 5.56 Å². The molecule has 2 amide bonds. The van der Waals surface area contributed by atoms with Crippen LogP contribution in [0, 0.1) is 0 Å². The van der Waals surface area contributed by atoms with Crippen LogP contribution < -0.4 is 16.2 Å². The van der Waals surface area contributed by atoms with Crippen molar-refractivity contribution in [3.05, 3.63) is 63.6 Å². The standard InChI is InChI=1S/C16H15N3O3/c1-19-8-2-3-12(16(19)22)15(21)18-11-5-4-10-6-7-17-14(20)13(10)9-11/h2-5,8-9H,6-7H2,1H3,(H,17,20)(H,18,21). The Hall–Kier alpha value is -2.89. The zero-order valence-electron chi connectivity index (χ0n) is 12.1. The molecular weight excluding hydrogens is 282 g/mol. The first-order valence-corrected chi connectivity index (χ1v) is 6.94. The second kappa shape index (κ2) is 5.48. The molecule has 22 heavy (non-hydrogen) atoms. The largest absolute Gasteiger partial charge is 0.352 e. The third kappa shape index (κ3) is 2.50. The summed E-state index contributed by atoms with van der Waals surface area (Å²) < 4.78 is 1.34. The lowest BCUT2D eigenvalue weighted by Crippen LogP contribution is -2.32. The number of nitrogens with zero attached hydrogens (tertiary/aromatic N) is 1. The lowest BCUT2D eigenvalue weighted by Gasteiger charge is -2.17. The van der Waals surface area contributed by atoms with Gasteiger partial charge in [-0.2, -0.15) is 0 Å². The molecule has 0 aliphatic carbocycles. The number of aromatic nitrogens is 1. The Morgan fingerprint density at radius 1 is 1.27 bits per heavy atom. The van der Waals surface area contributed by atoms with Crippen molar-refractivity contribution in [1.29, 1.82) is 0 Å². The quantitative estimate of drug-likeness (QED) is 0.865. The van der Waals surface area contributed by atoms with Crippen LogP contribution in [0.1, 0.15) is 26.3 Å². The van der Waals surface area contributed by atoms with Gasteiger partial charge in [-0.3, -0.25) is 14.4 Å². The highest BCUT2D eigenvalue weighted by molar-refractivity contribution is 6.05. The van der Waals surface area contributed by atoms with E-state index < -0.39 is 5.91 Å². The Bertz CT molecular complexity index is 824. The van der Waals surface area contributed by atoms with E-state index in [4.69, 9.17) is 0 Å². The molecule has 2 heterocycles. The molecule has 0 fully saturated rings. The Morgan fingerprint density at radius 3 is 2.91 bits per heavy atom. The predicted molar refractivity (Wildman–Crippen MR) is 82.1 cm³/mol. The zero-order valence-corrected chi connectivity index (χ0v) is 12.1. The van der Waals surface area contributed by atoms with Crippen molar-refractivity contribution in [3.63, 3.8) is 0 Å². The molecule has 0 spiro atoms. The topological polar surface area (TPSA) is 80.2 Å². The van der Waals surface area contributed by atoms with Crippen molar-refractivity contribution in [2.75, 3.05) is 11.9 Å². The van der Waals surface area contributed by atoms with Crippen LogP contribution in [0.5, 0.6) is 0 Å². The molecule has 0 unspecified atom stereocenters. The van der Waals surface area contributed by atoms with Crippen molar-refractivity contribution in [1.82, 2.24) is 9.88 Å². The molecule has 1 aliphatic heterocycles. The molecule has 1 aliphatic rings. The molecule has 0 saturated carbocycles. The molecule has 6 nitrogen and oxygen atoms in total. The Labute approximate surface area is 126 Å². The monoisotopic (exact) mass is 297 g/mol. The van der Waals surface area contributed by atoms with E-state index in [0.29, 0.717) is 17.8 Å². The maximum atomic E-state index is 12.2. The normalized spacial score (nSPS) is 13.2. The number of carbonyl (C=O) groups is 2. The zero-order chi connectivity index (χ0) is 15.7. The maximum absolute atomic E-state index is 12.2. The lowest BCUT2D eigenvalue weighted by atomic mass is 10.00. The molecule has 0 saturated heterocycles. The summed E-state index contributed by atoms with van der Waals surface area (Å²) in [6, 6.07) is 8.31. The summed E-state index contributed by atoms with van der Waals surface area (Å²) in [4.78, 5) is 36.0. The van der Waals surface area contributed by atoms with Crippen molar-refractivity contribution in [2.24, 2.45) is 7.05 Å². The van der Waals surface area contributed by atoms with E-state index in [1.54, 1.807) is 31.4 Å². The number of anilines is 1. The van der Waals surface area contributed by atoms with Crippen LogP contribution in [0.15, 0.2) is 41.3 Å². The van der Waals surface area contributed by atoms with Gasteiger partial charge in [0.25, 0.3) is 17.4 Å². The predicted octanol–water partition coefficient (Wildman–Crippen LogP) is 0.924. The first-order valence-electron chi connectivity index (χ1n) is 6.94. The Morgan fingerprint density at radius 2 is 2.09 bits per heavy atom. The van der Waals surface area contributed by atoms with Crippen molar-refractivity contribution in [3.8, 4) is 0 Å². The summed E-state index contributed by atoms with van der Waals surface area (Å²) in [7, 11) is 1.59. The Kier molecular flexibility index (Phi) is 3.50. The average Bonchev–Trinajstić information content (AvgIpc) is 2.51. The first kappa shape index (κ1) is 14.1. The second-order valence-corrected chi connectivity index (χ2v) is 5.17. The number of fused-ring (bicyclic) bond motifs is 1. The van der Waals surface area contributed by atoms with Crippen molar-refractivity contribution >= 4 is 17.5 Å².